The highest BCUT2D eigenvalue weighted by Gasteiger charge is 2.12. The molecule has 8 heteroatoms. The first-order chi connectivity index (χ1) is 13.6. The van der Waals surface area contributed by atoms with Gasteiger partial charge in [-0.05, 0) is 36.8 Å². The minimum absolute atomic E-state index is 0.302. The van der Waals surface area contributed by atoms with Crippen LogP contribution in [0.5, 0.6) is 0 Å². The van der Waals surface area contributed by atoms with Crippen molar-refractivity contribution in [3.8, 4) is 0 Å². The van der Waals surface area contributed by atoms with Crippen molar-refractivity contribution in [1.29, 1.82) is 0 Å². The lowest BCUT2D eigenvalue weighted by molar-refractivity contribution is 0.144. The molecule has 2 heterocycles. The van der Waals surface area contributed by atoms with Gasteiger partial charge in [-0.1, -0.05) is 12.1 Å². The van der Waals surface area contributed by atoms with E-state index >= 15 is 0 Å². The number of nitrogens with one attached hydrogen (secondary N) is 2. The number of nitrogens with zero attached hydrogens (tertiary/aromatic N) is 3. The van der Waals surface area contributed by atoms with Crippen molar-refractivity contribution in [1.82, 2.24) is 9.88 Å². The zero-order valence-corrected chi connectivity index (χ0v) is 16.1. The number of pyridine rings is 1. The first kappa shape index (κ1) is 19.6. The van der Waals surface area contributed by atoms with Gasteiger partial charge in [-0.2, -0.15) is 0 Å². The number of rotatable bonds is 4. The Bertz CT molecular complexity index is 823. The number of anilines is 2. The molecule has 2 N–H and O–H groups in total. The number of aromatic nitrogens is 1. The summed E-state index contributed by atoms with van der Waals surface area (Å²) in [5.74, 6) is 0. The molecule has 148 valence electrons. The molecule has 0 saturated heterocycles. The Labute approximate surface area is 164 Å². The molecule has 28 heavy (non-hydrogen) atoms. The number of aryl methyl sites for hydroxylation is 1. The minimum atomic E-state index is -0.302. The average Bonchev–Trinajstić information content (AvgIpc) is 2.66. The Morgan fingerprint density at radius 1 is 1.21 bits per heavy atom. The average molecular weight is 383 g/mol. The standard InChI is InChI=1S/C20H25N5O3/c1-15-6-7-18(13-22-15)24-19(26)23-17-5-3-4-16(12-17)14-25-9-8-21-20(27-2)28-11-10-25/h3-7,12-13H,8-11,14H2,1-2H3,(H2,23,24,26)/b21-20+. The highest BCUT2D eigenvalue weighted by molar-refractivity contribution is 5.99. The van der Waals surface area contributed by atoms with Crippen LogP contribution in [-0.2, 0) is 16.0 Å². The number of benzene rings is 1. The molecule has 1 aliphatic rings. The molecule has 3 rings (SSSR count). The predicted molar refractivity (Wildman–Crippen MR) is 109 cm³/mol. The van der Waals surface area contributed by atoms with Gasteiger partial charge in [0.2, 0.25) is 0 Å². The van der Waals surface area contributed by atoms with E-state index in [2.05, 4.69) is 25.5 Å². The van der Waals surface area contributed by atoms with E-state index in [1.54, 1.807) is 13.3 Å². The van der Waals surface area contributed by atoms with Gasteiger partial charge < -0.3 is 20.1 Å². The van der Waals surface area contributed by atoms with Crippen molar-refractivity contribution in [2.24, 2.45) is 4.99 Å². The van der Waals surface area contributed by atoms with E-state index in [1.807, 2.05) is 43.3 Å². The Balaban J connectivity index is 1.55. The molecule has 0 aliphatic carbocycles. The zero-order chi connectivity index (χ0) is 19.8. The topological polar surface area (TPSA) is 88.1 Å². The Kier molecular flexibility index (Phi) is 6.80. The number of aliphatic imine (C=N–C) groups is 1. The molecule has 1 aliphatic heterocycles. The quantitative estimate of drug-likeness (QED) is 0.848. The number of methoxy groups -OCH3 is 1. The molecule has 0 radical (unpaired) electrons. The summed E-state index contributed by atoms with van der Waals surface area (Å²) < 4.78 is 10.5. The van der Waals surface area contributed by atoms with Gasteiger partial charge in [-0.15, -0.1) is 0 Å². The van der Waals surface area contributed by atoms with Crippen LogP contribution in [-0.4, -0.2) is 55.3 Å². The van der Waals surface area contributed by atoms with Crippen LogP contribution in [0.25, 0.3) is 0 Å². The van der Waals surface area contributed by atoms with Gasteiger partial charge in [0, 0.05) is 31.0 Å². The second-order valence-corrected chi connectivity index (χ2v) is 6.44. The smallest absolute Gasteiger partial charge is 0.383 e. The van der Waals surface area contributed by atoms with Crippen molar-refractivity contribution >= 4 is 23.5 Å². The van der Waals surface area contributed by atoms with Crippen molar-refractivity contribution in [2.75, 3.05) is 44.0 Å². The highest BCUT2D eigenvalue weighted by atomic mass is 16.7. The fourth-order valence-electron chi connectivity index (χ4n) is 2.82. The van der Waals surface area contributed by atoms with Crippen molar-refractivity contribution in [3.05, 3.63) is 53.9 Å². The van der Waals surface area contributed by atoms with Crippen LogP contribution in [0.15, 0.2) is 47.6 Å². The number of hydrogen-bond acceptors (Lipinski definition) is 6. The third-order valence-corrected chi connectivity index (χ3v) is 4.23. The Morgan fingerprint density at radius 3 is 2.86 bits per heavy atom. The first-order valence-corrected chi connectivity index (χ1v) is 9.15. The molecule has 0 saturated carbocycles. The van der Waals surface area contributed by atoms with Crippen molar-refractivity contribution < 1.29 is 14.3 Å². The van der Waals surface area contributed by atoms with Gasteiger partial charge >= 0.3 is 12.1 Å². The maximum absolute atomic E-state index is 12.2. The molecular weight excluding hydrogens is 358 g/mol. The van der Waals surface area contributed by atoms with Crippen LogP contribution < -0.4 is 10.6 Å². The fraction of sp³-hybridized carbons (Fsp3) is 0.350. The summed E-state index contributed by atoms with van der Waals surface area (Å²) in [5, 5.41) is 5.64. The number of carbonyl (C=O) groups excluding carboxylic acids is 1. The third-order valence-electron chi connectivity index (χ3n) is 4.23. The number of carbonyl (C=O) groups is 1. The summed E-state index contributed by atoms with van der Waals surface area (Å²) in [6.45, 7) is 5.39. The molecule has 1 aromatic heterocycles. The van der Waals surface area contributed by atoms with Gasteiger partial charge in [0.1, 0.15) is 6.61 Å². The summed E-state index contributed by atoms with van der Waals surface area (Å²) in [6.07, 6.45) is 1.98. The van der Waals surface area contributed by atoms with E-state index in [1.165, 1.54) is 0 Å². The number of amides is 2. The second kappa shape index (κ2) is 9.70. The normalized spacial score (nSPS) is 16.7. The molecule has 0 unspecified atom stereocenters. The highest BCUT2D eigenvalue weighted by Crippen LogP contribution is 2.14. The minimum Gasteiger partial charge on any atom is -0.454 e. The summed E-state index contributed by atoms with van der Waals surface area (Å²) in [4.78, 5) is 22.9. The third kappa shape index (κ3) is 5.95. The van der Waals surface area contributed by atoms with Gasteiger partial charge in [0.05, 0.1) is 25.5 Å². The van der Waals surface area contributed by atoms with Gasteiger partial charge in [-0.25, -0.2) is 9.79 Å². The van der Waals surface area contributed by atoms with Crippen LogP contribution in [0, 0.1) is 6.92 Å². The largest absolute Gasteiger partial charge is 0.454 e. The number of urea groups is 1. The lowest BCUT2D eigenvalue weighted by atomic mass is 10.2. The van der Waals surface area contributed by atoms with E-state index < -0.39 is 0 Å². The lowest BCUT2D eigenvalue weighted by Crippen LogP contribution is -2.33. The SMILES string of the molecule is CO/C1=N\CCN(Cc2cccc(NC(=O)Nc3ccc(C)nc3)c2)CCO1. The van der Waals surface area contributed by atoms with Crippen molar-refractivity contribution in [2.45, 2.75) is 13.5 Å². The van der Waals surface area contributed by atoms with Gasteiger partial charge in [0.15, 0.2) is 0 Å². The maximum Gasteiger partial charge on any atom is 0.383 e. The van der Waals surface area contributed by atoms with E-state index in [9.17, 15) is 4.79 Å². The number of ether oxygens (including phenoxy) is 2. The second-order valence-electron chi connectivity index (χ2n) is 6.44. The molecule has 2 aromatic rings. The van der Waals surface area contributed by atoms with Gasteiger partial charge in [0.25, 0.3) is 0 Å². The lowest BCUT2D eigenvalue weighted by Gasteiger charge is -2.24. The molecule has 8 nitrogen and oxygen atoms in total. The molecule has 1 aromatic carbocycles. The molecule has 0 spiro atoms. The van der Waals surface area contributed by atoms with Crippen LogP contribution >= 0.6 is 0 Å². The van der Waals surface area contributed by atoms with Crippen LogP contribution in [0.1, 0.15) is 11.3 Å². The summed E-state index contributed by atoms with van der Waals surface area (Å²) in [5.41, 5.74) is 3.39. The van der Waals surface area contributed by atoms with Crippen LogP contribution in [0.4, 0.5) is 16.2 Å². The van der Waals surface area contributed by atoms with E-state index in [-0.39, 0.29) is 6.03 Å². The molecule has 0 bridgehead atoms. The molecule has 0 atom stereocenters. The molecule has 2 amide bonds. The number of hydrogen-bond donors (Lipinski definition) is 2. The van der Waals surface area contributed by atoms with Crippen LogP contribution in [0.2, 0.25) is 0 Å². The Morgan fingerprint density at radius 2 is 2.07 bits per heavy atom. The zero-order valence-electron chi connectivity index (χ0n) is 16.1. The maximum atomic E-state index is 12.2. The van der Waals surface area contributed by atoms with E-state index in [0.29, 0.717) is 24.9 Å². The summed E-state index contributed by atoms with van der Waals surface area (Å²) in [6, 6.07) is 11.2. The summed E-state index contributed by atoms with van der Waals surface area (Å²) in [7, 11) is 1.56. The van der Waals surface area contributed by atoms with Crippen molar-refractivity contribution in [3.63, 3.8) is 0 Å². The monoisotopic (exact) mass is 383 g/mol. The van der Waals surface area contributed by atoms with Gasteiger partial charge in [-0.3, -0.25) is 9.88 Å². The fourth-order valence-corrected chi connectivity index (χ4v) is 2.82. The van der Waals surface area contributed by atoms with E-state index in [4.69, 9.17) is 9.47 Å². The van der Waals surface area contributed by atoms with E-state index in [0.717, 1.165) is 36.6 Å². The Hall–Kier alpha value is -3.13. The molecule has 0 fully saturated rings. The summed E-state index contributed by atoms with van der Waals surface area (Å²) >= 11 is 0. The van der Waals surface area contributed by atoms with Crippen LogP contribution in [0.3, 0.4) is 0 Å². The first-order valence-electron chi connectivity index (χ1n) is 9.15. The predicted octanol–water partition coefficient (Wildman–Crippen LogP) is 2.87. The molecular formula is C20H25N5O3.